The molecule has 56 valence electrons. The summed E-state index contributed by atoms with van der Waals surface area (Å²) in [5.41, 5.74) is -0.232. The summed E-state index contributed by atoms with van der Waals surface area (Å²) in [5, 5.41) is 12.5. The lowest BCUT2D eigenvalue weighted by Crippen LogP contribution is -2.41. The van der Waals surface area contributed by atoms with E-state index in [4.69, 9.17) is 5.26 Å². The Hall–Kier alpha value is -0.200. The van der Waals surface area contributed by atoms with Gasteiger partial charge in [-0.2, -0.15) is 17.0 Å². The highest BCUT2D eigenvalue weighted by Gasteiger charge is 2.36. The van der Waals surface area contributed by atoms with Crippen molar-refractivity contribution in [3.8, 4) is 6.07 Å². The third-order valence-electron chi connectivity index (χ3n) is 1.94. The van der Waals surface area contributed by atoms with Crippen molar-refractivity contribution in [3.63, 3.8) is 0 Å². The first kappa shape index (κ1) is 7.90. The summed E-state index contributed by atoms with van der Waals surface area (Å²) in [6, 6.07) is 2.33. The Morgan fingerprint density at radius 3 is 2.70 bits per heavy atom. The smallest absolute Gasteiger partial charge is 0.116 e. The third-order valence-corrected chi connectivity index (χ3v) is 3.34. The molecule has 0 aliphatic carbocycles. The van der Waals surface area contributed by atoms with E-state index in [2.05, 4.69) is 18.3 Å². The second-order valence-electron chi connectivity index (χ2n) is 2.77. The fraction of sp³-hybridized carbons (Fsp3) is 0.857. The van der Waals surface area contributed by atoms with Crippen molar-refractivity contribution in [2.75, 3.05) is 12.8 Å². The van der Waals surface area contributed by atoms with Gasteiger partial charge in [0.2, 0.25) is 0 Å². The Kier molecular flexibility index (Phi) is 2.22. The average Bonchev–Trinajstić information content (AvgIpc) is 2.33. The number of hydrogen-bond acceptors (Lipinski definition) is 3. The van der Waals surface area contributed by atoms with Gasteiger partial charge in [-0.3, -0.25) is 0 Å². The maximum Gasteiger partial charge on any atom is 0.116 e. The molecule has 0 aromatic heterocycles. The monoisotopic (exact) mass is 156 g/mol. The summed E-state index contributed by atoms with van der Waals surface area (Å²) in [6.45, 7) is 2.17. The van der Waals surface area contributed by atoms with Crippen LogP contribution in [0.2, 0.25) is 0 Å². The van der Waals surface area contributed by atoms with Crippen molar-refractivity contribution in [2.45, 2.75) is 24.1 Å². The van der Waals surface area contributed by atoms with Crippen LogP contribution in [0.1, 0.15) is 13.3 Å². The van der Waals surface area contributed by atoms with Gasteiger partial charge < -0.3 is 5.32 Å². The van der Waals surface area contributed by atoms with E-state index in [0.717, 1.165) is 12.2 Å². The lowest BCUT2D eigenvalue weighted by atomic mass is 9.99. The molecule has 0 aromatic rings. The summed E-state index contributed by atoms with van der Waals surface area (Å²) in [4.78, 5) is 0. The van der Waals surface area contributed by atoms with E-state index in [1.807, 2.05) is 18.8 Å². The number of rotatable bonds is 1. The zero-order valence-corrected chi connectivity index (χ0v) is 7.16. The van der Waals surface area contributed by atoms with Gasteiger partial charge in [-0.15, -0.1) is 0 Å². The van der Waals surface area contributed by atoms with Gasteiger partial charge in [0.25, 0.3) is 0 Å². The van der Waals surface area contributed by atoms with Gasteiger partial charge in [0.05, 0.1) is 6.07 Å². The second kappa shape index (κ2) is 2.81. The van der Waals surface area contributed by atoms with Crippen LogP contribution in [-0.2, 0) is 0 Å². The Morgan fingerprint density at radius 1 is 1.80 bits per heavy atom. The van der Waals surface area contributed by atoms with Crippen LogP contribution < -0.4 is 5.32 Å². The minimum absolute atomic E-state index is 0.232. The normalized spacial score (nSPS) is 39.5. The largest absolute Gasteiger partial charge is 0.302 e. The lowest BCUT2D eigenvalue weighted by molar-refractivity contribution is 0.484. The predicted octanol–water partition coefficient (Wildman–Crippen LogP) is 0.994. The molecule has 0 aromatic carbocycles. The lowest BCUT2D eigenvalue weighted by Gasteiger charge is -2.17. The highest BCUT2D eigenvalue weighted by molar-refractivity contribution is 8.00. The molecule has 1 heterocycles. The van der Waals surface area contributed by atoms with Crippen LogP contribution in [0.15, 0.2) is 0 Å². The van der Waals surface area contributed by atoms with Gasteiger partial charge in [-0.05, 0) is 13.5 Å². The van der Waals surface area contributed by atoms with Crippen molar-refractivity contribution >= 4 is 11.8 Å². The molecule has 0 spiro atoms. The Balaban J connectivity index is 2.62. The van der Waals surface area contributed by atoms with E-state index in [-0.39, 0.29) is 5.54 Å². The molecule has 0 amide bonds. The van der Waals surface area contributed by atoms with Gasteiger partial charge in [-0.1, -0.05) is 6.92 Å². The van der Waals surface area contributed by atoms with E-state index in [1.54, 1.807) is 0 Å². The fourth-order valence-corrected chi connectivity index (χ4v) is 2.50. The molecule has 1 saturated heterocycles. The van der Waals surface area contributed by atoms with E-state index in [1.165, 1.54) is 0 Å². The molecule has 1 fully saturated rings. The number of nitrogens with one attached hydrogen (secondary N) is 1. The molecule has 1 rings (SSSR count). The maximum atomic E-state index is 8.81. The molecule has 1 aliphatic rings. The van der Waals surface area contributed by atoms with E-state index in [0.29, 0.717) is 5.25 Å². The molecule has 2 atom stereocenters. The first-order valence-corrected chi connectivity index (χ1v) is 4.49. The van der Waals surface area contributed by atoms with Crippen molar-refractivity contribution in [2.24, 2.45) is 0 Å². The molecule has 1 aliphatic heterocycles. The van der Waals surface area contributed by atoms with Gasteiger partial charge >= 0.3 is 0 Å². The van der Waals surface area contributed by atoms with Gasteiger partial charge in [0, 0.05) is 11.0 Å². The van der Waals surface area contributed by atoms with Crippen molar-refractivity contribution < 1.29 is 0 Å². The summed E-state index contributed by atoms with van der Waals surface area (Å²) in [6.07, 6.45) is 0.977. The molecule has 2 unspecified atom stereocenters. The quantitative estimate of drug-likeness (QED) is 0.615. The van der Waals surface area contributed by atoms with Crippen LogP contribution >= 0.6 is 11.8 Å². The van der Waals surface area contributed by atoms with Crippen molar-refractivity contribution in [1.29, 1.82) is 5.26 Å². The van der Waals surface area contributed by atoms with Crippen molar-refractivity contribution in [3.05, 3.63) is 0 Å². The Labute approximate surface area is 66.0 Å². The first-order chi connectivity index (χ1) is 4.72. The number of thioether (sulfide) groups is 1. The SMILES string of the molecule is CNC1(C#N)CSC(C)C1. The van der Waals surface area contributed by atoms with E-state index >= 15 is 0 Å². The van der Waals surface area contributed by atoms with Gasteiger partial charge in [0.1, 0.15) is 5.54 Å². The number of hydrogen-bond donors (Lipinski definition) is 1. The second-order valence-corrected chi connectivity index (χ2v) is 4.20. The molecule has 0 bridgehead atoms. The molecular formula is C7H12N2S. The summed E-state index contributed by atoms with van der Waals surface area (Å²) in [7, 11) is 1.86. The van der Waals surface area contributed by atoms with Crippen LogP contribution in [-0.4, -0.2) is 23.6 Å². The third kappa shape index (κ3) is 1.28. The van der Waals surface area contributed by atoms with Crippen molar-refractivity contribution in [1.82, 2.24) is 5.32 Å². The van der Waals surface area contributed by atoms with Crippen LogP contribution in [0, 0.1) is 11.3 Å². The molecule has 0 radical (unpaired) electrons. The molecule has 0 saturated carbocycles. The first-order valence-electron chi connectivity index (χ1n) is 3.44. The van der Waals surface area contributed by atoms with E-state index in [9.17, 15) is 0 Å². The summed E-state index contributed by atoms with van der Waals surface area (Å²) in [5.74, 6) is 0.932. The minimum Gasteiger partial charge on any atom is -0.302 e. The number of nitriles is 1. The van der Waals surface area contributed by atoms with Crippen LogP contribution in [0.5, 0.6) is 0 Å². The van der Waals surface area contributed by atoms with Crippen LogP contribution in [0.3, 0.4) is 0 Å². The standard InChI is InChI=1S/C7H12N2S/c1-6-3-7(4-8,9-2)5-10-6/h6,9H,3,5H2,1-2H3. The van der Waals surface area contributed by atoms with Gasteiger partial charge in [0.15, 0.2) is 0 Å². The zero-order valence-electron chi connectivity index (χ0n) is 6.35. The van der Waals surface area contributed by atoms with Crippen LogP contribution in [0.4, 0.5) is 0 Å². The Morgan fingerprint density at radius 2 is 2.50 bits per heavy atom. The zero-order chi connectivity index (χ0) is 7.61. The minimum atomic E-state index is -0.232. The topological polar surface area (TPSA) is 35.8 Å². The molecular weight excluding hydrogens is 144 g/mol. The summed E-state index contributed by atoms with van der Waals surface area (Å²) < 4.78 is 0. The maximum absolute atomic E-state index is 8.81. The Bertz CT molecular complexity index is 163. The highest BCUT2D eigenvalue weighted by atomic mass is 32.2. The molecule has 3 heteroatoms. The number of nitrogens with zero attached hydrogens (tertiary/aromatic N) is 1. The predicted molar refractivity (Wildman–Crippen MR) is 43.9 cm³/mol. The molecule has 1 N–H and O–H groups in total. The fourth-order valence-electron chi connectivity index (χ4n) is 1.20. The highest BCUT2D eigenvalue weighted by Crippen LogP contribution is 2.33. The van der Waals surface area contributed by atoms with E-state index < -0.39 is 0 Å². The molecule has 10 heavy (non-hydrogen) atoms. The molecule has 2 nitrogen and oxygen atoms in total. The summed E-state index contributed by atoms with van der Waals surface area (Å²) >= 11 is 1.87. The van der Waals surface area contributed by atoms with Gasteiger partial charge in [-0.25, -0.2) is 0 Å². The average molecular weight is 156 g/mol. The van der Waals surface area contributed by atoms with Crippen LogP contribution in [0.25, 0.3) is 0 Å².